The van der Waals surface area contributed by atoms with E-state index in [1.807, 2.05) is 31.2 Å². The first-order chi connectivity index (χ1) is 10.5. The maximum atomic E-state index is 13.4. The summed E-state index contributed by atoms with van der Waals surface area (Å²) >= 11 is 0. The Balaban J connectivity index is 1.85. The summed E-state index contributed by atoms with van der Waals surface area (Å²) in [6.07, 6.45) is 0. The van der Waals surface area contributed by atoms with Gasteiger partial charge in [0.25, 0.3) is 0 Å². The molecule has 0 radical (unpaired) electrons. The number of hydrogen-bond acceptors (Lipinski definition) is 5. The summed E-state index contributed by atoms with van der Waals surface area (Å²) in [6.45, 7) is 2.38. The second-order valence-corrected chi connectivity index (χ2v) is 5.19. The fourth-order valence-corrected chi connectivity index (χ4v) is 2.40. The Morgan fingerprint density at radius 1 is 1.09 bits per heavy atom. The summed E-state index contributed by atoms with van der Waals surface area (Å²) in [5.74, 6) is 0.261. The van der Waals surface area contributed by atoms with E-state index in [1.54, 1.807) is 0 Å². The molecule has 3 aromatic rings. The fraction of sp³-hybridized carbons (Fsp3) is 0.125. The van der Waals surface area contributed by atoms with Crippen molar-refractivity contribution in [1.29, 1.82) is 0 Å². The van der Waals surface area contributed by atoms with Crippen LogP contribution < -0.4 is 16.8 Å². The smallest absolute Gasteiger partial charge is 0.222 e. The molecule has 1 heterocycles. The average Bonchev–Trinajstić information content (AvgIpc) is 2.44. The second-order valence-electron chi connectivity index (χ2n) is 5.19. The quantitative estimate of drug-likeness (QED) is 0.691. The van der Waals surface area contributed by atoms with E-state index in [1.165, 1.54) is 12.1 Å². The maximum Gasteiger partial charge on any atom is 0.222 e. The molecular formula is C16H16FN5. The van der Waals surface area contributed by atoms with Crippen LogP contribution >= 0.6 is 0 Å². The Kier molecular flexibility index (Phi) is 3.50. The Labute approximate surface area is 127 Å². The largest absolute Gasteiger partial charge is 0.383 e. The molecule has 0 atom stereocenters. The van der Waals surface area contributed by atoms with E-state index < -0.39 is 0 Å². The lowest BCUT2D eigenvalue weighted by atomic mass is 10.1. The van der Waals surface area contributed by atoms with Crippen molar-refractivity contribution in [2.24, 2.45) is 0 Å². The molecule has 0 aliphatic heterocycles. The van der Waals surface area contributed by atoms with Gasteiger partial charge in [-0.2, -0.15) is 4.98 Å². The van der Waals surface area contributed by atoms with Crippen molar-refractivity contribution < 1.29 is 4.39 Å². The van der Waals surface area contributed by atoms with E-state index in [-0.39, 0.29) is 11.8 Å². The normalized spacial score (nSPS) is 10.8. The van der Waals surface area contributed by atoms with E-state index in [4.69, 9.17) is 11.5 Å². The zero-order chi connectivity index (χ0) is 15.7. The van der Waals surface area contributed by atoms with Gasteiger partial charge < -0.3 is 16.8 Å². The molecule has 0 aliphatic rings. The van der Waals surface area contributed by atoms with Crippen molar-refractivity contribution in [2.45, 2.75) is 13.5 Å². The van der Waals surface area contributed by atoms with E-state index in [0.29, 0.717) is 17.9 Å². The molecule has 22 heavy (non-hydrogen) atoms. The number of rotatable bonds is 3. The number of hydrogen-bond donors (Lipinski definition) is 3. The van der Waals surface area contributed by atoms with Crippen LogP contribution in [0, 0.1) is 12.7 Å². The molecule has 0 saturated carbocycles. The number of nitrogens with two attached hydrogens (primary N) is 2. The minimum absolute atomic E-state index is 0.154. The summed E-state index contributed by atoms with van der Waals surface area (Å²) in [7, 11) is 0. The molecule has 1 aromatic heterocycles. The van der Waals surface area contributed by atoms with Crippen LogP contribution in [0.2, 0.25) is 0 Å². The third-order valence-electron chi connectivity index (χ3n) is 3.34. The second kappa shape index (κ2) is 5.48. The lowest BCUT2D eigenvalue weighted by molar-refractivity contribution is 0.624. The molecule has 0 aliphatic carbocycles. The zero-order valence-electron chi connectivity index (χ0n) is 12.1. The van der Waals surface area contributed by atoms with Gasteiger partial charge in [-0.15, -0.1) is 0 Å². The third-order valence-corrected chi connectivity index (χ3v) is 3.34. The summed E-state index contributed by atoms with van der Waals surface area (Å²) in [5.41, 5.74) is 14.8. The number of benzene rings is 2. The molecule has 0 unspecified atom stereocenters. The number of halogens is 1. The Hall–Kier alpha value is -2.89. The van der Waals surface area contributed by atoms with Crippen LogP contribution in [0.15, 0.2) is 36.4 Å². The highest BCUT2D eigenvalue weighted by Gasteiger charge is 2.05. The lowest BCUT2D eigenvalue weighted by Crippen LogP contribution is -2.03. The van der Waals surface area contributed by atoms with E-state index in [0.717, 1.165) is 22.2 Å². The first kappa shape index (κ1) is 14.1. The monoisotopic (exact) mass is 297 g/mol. The average molecular weight is 297 g/mol. The number of fused-ring (bicyclic) bond motifs is 1. The van der Waals surface area contributed by atoms with E-state index >= 15 is 0 Å². The fourth-order valence-electron chi connectivity index (χ4n) is 2.40. The van der Waals surface area contributed by atoms with Crippen LogP contribution in [0.25, 0.3) is 10.9 Å². The van der Waals surface area contributed by atoms with Crippen LogP contribution in [0.5, 0.6) is 0 Å². The highest BCUT2D eigenvalue weighted by molar-refractivity contribution is 5.91. The summed E-state index contributed by atoms with van der Waals surface area (Å²) in [4.78, 5) is 8.08. The van der Waals surface area contributed by atoms with Crippen molar-refractivity contribution in [2.75, 3.05) is 16.8 Å². The zero-order valence-corrected chi connectivity index (χ0v) is 12.1. The van der Waals surface area contributed by atoms with Gasteiger partial charge in [-0.1, -0.05) is 6.07 Å². The van der Waals surface area contributed by atoms with Crippen molar-refractivity contribution >= 4 is 28.4 Å². The van der Waals surface area contributed by atoms with Crippen LogP contribution in [0.1, 0.15) is 11.1 Å². The van der Waals surface area contributed by atoms with Gasteiger partial charge in [0.15, 0.2) is 0 Å². The molecule has 0 fully saturated rings. The van der Waals surface area contributed by atoms with E-state index in [2.05, 4.69) is 15.3 Å². The Morgan fingerprint density at radius 2 is 1.91 bits per heavy atom. The lowest BCUT2D eigenvalue weighted by Gasteiger charge is -2.09. The number of aryl methyl sites for hydroxylation is 1. The van der Waals surface area contributed by atoms with Gasteiger partial charge in [0.2, 0.25) is 5.95 Å². The minimum atomic E-state index is -0.233. The molecule has 6 heteroatoms. The summed E-state index contributed by atoms with van der Waals surface area (Å²) in [6, 6.07) is 10.5. The molecule has 2 aromatic carbocycles. The van der Waals surface area contributed by atoms with Gasteiger partial charge in [0.1, 0.15) is 11.6 Å². The third kappa shape index (κ3) is 2.90. The maximum absolute atomic E-state index is 13.4. The van der Waals surface area contributed by atoms with Crippen molar-refractivity contribution in [3.63, 3.8) is 0 Å². The molecule has 0 amide bonds. The molecule has 0 spiro atoms. The molecule has 112 valence electrons. The van der Waals surface area contributed by atoms with Gasteiger partial charge in [-0.25, -0.2) is 9.37 Å². The number of nitrogen functional groups attached to an aromatic ring is 2. The number of nitrogens with one attached hydrogen (secondary N) is 1. The predicted molar refractivity (Wildman–Crippen MR) is 86.8 cm³/mol. The van der Waals surface area contributed by atoms with Gasteiger partial charge in [-0.3, -0.25) is 0 Å². The minimum Gasteiger partial charge on any atom is -0.383 e. The molecule has 3 rings (SSSR count). The molecule has 5 nitrogen and oxygen atoms in total. The van der Waals surface area contributed by atoms with Crippen molar-refractivity contribution in [1.82, 2.24) is 9.97 Å². The SMILES string of the molecule is Cc1cc(F)cc(CNc2ccc3nc(N)nc(N)c3c2)c1. The molecule has 5 N–H and O–H groups in total. The standard InChI is InChI=1S/C16H16FN5/c1-9-4-10(6-11(17)5-9)8-20-12-2-3-14-13(7-12)15(18)22-16(19)21-14/h2-7,20H,8H2,1H3,(H4,18,19,21,22). The van der Waals surface area contributed by atoms with Gasteiger partial charge >= 0.3 is 0 Å². The number of anilines is 3. The highest BCUT2D eigenvalue weighted by Crippen LogP contribution is 2.23. The van der Waals surface area contributed by atoms with Gasteiger partial charge in [0.05, 0.1) is 5.52 Å². The predicted octanol–water partition coefficient (Wildman–Crippen LogP) is 2.85. The van der Waals surface area contributed by atoms with E-state index in [9.17, 15) is 4.39 Å². The number of nitrogens with zero attached hydrogens (tertiary/aromatic N) is 2. The number of aromatic nitrogens is 2. The molecular weight excluding hydrogens is 281 g/mol. The Morgan fingerprint density at radius 3 is 2.68 bits per heavy atom. The van der Waals surface area contributed by atoms with Crippen LogP contribution in [-0.2, 0) is 6.54 Å². The summed E-state index contributed by atoms with van der Waals surface area (Å²) in [5, 5.41) is 3.97. The van der Waals surface area contributed by atoms with Crippen molar-refractivity contribution in [3.8, 4) is 0 Å². The van der Waals surface area contributed by atoms with Crippen LogP contribution in [0.4, 0.5) is 21.8 Å². The summed E-state index contributed by atoms with van der Waals surface area (Å²) < 4.78 is 13.4. The van der Waals surface area contributed by atoms with Crippen LogP contribution in [0.3, 0.4) is 0 Å². The highest BCUT2D eigenvalue weighted by atomic mass is 19.1. The van der Waals surface area contributed by atoms with Gasteiger partial charge in [0, 0.05) is 17.6 Å². The molecule has 0 saturated heterocycles. The van der Waals surface area contributed by atoms with Crippen LogP contribution in [-0.4, -0.2) is 9.97 Å². The van der Waals surface area contributed by atoms with Gasteiger partial charge in [-0.05, 0) is 48.4 Å². The Bertz CT molecular complexity index is 827. The molecule has 0 bridgehead atoms. The van der Waals surface area contributed by atoms with Crippen molar-refractivity contribution in [3.05, 3.63) is 53.3 Å². The first-order valence-corrected chi connectivity index (χ1v) is 6.84. The first-order valence-electron chi connectivity index (χ1n) is 6.84. The topological polar surface area (TPSA) is 89.8 Å².